The largest absolute Gasteiger partial charge is 0.477 e. The number of piperidine rings is 1. The average Bonchev–Trinajstić information content (AvgIpc) is 3.55. The van der Waals surface area contributed by atoms with Gasteiger partial charge in [-0.3, -0.25) is 14.4 Å². The van der Waals surface area contributed by atoms with E-state index in [1.807, 2.05) is 74.5 Å². The predicted molar refractivity (Wildman–Crippen MR) is 335 cm³/mol. The number of carboxylic acid groups (broad SMARTS) is 1. The van der Waals surface area contributed by atoms with Crippen LogP contribution in [0.15, 0.2) is 97.3 Å². The zero-order valence-corrected chi connectivity index (χ0v) is 51.6. The average molecular weight is 1220 g/mol. The van der Waals surface area contributed by atoms with E-state index in [0.29, 0.717) is 94.5 Å². The molecule has 466 valence electrons. The molecule has 4 aliphatic rings. The first-order valence-electron chi connectivity index (χ1n) is 31.0. The molecule has 3 aliphatic heterocycles. The summed E-state index contributed by atoms with van der Waals surface area (Å²) in [6.45, 7) is 8.18. The maximum Gasteiger partial charge on any atom is 0.407 e. The molecule has 0 radical (unpaired) electrons. The summed E-state index contributed by atoms with van der Waals surface area (Å²) < 4.78 is 9.73. The van der Waals surface area contributed by atoms with Crippen LogP contribution in [0, 0.1) is 17.8 Å². The van der Waals surface area contributed by atoms with E-state index < -0.39 is 30.2 Å². The minimum Gasteiger partial charge on any atom is -0.477 e. The lowest BCUT2D eigenvalue weighted by Gasteiger charge is -2.40. The first-order chi connectivity index (χ1) is 42.6. The number of aromatic nitrogens is 4. The third kappa shape index (κ3) is 14.4. The number of carbonyl (C=O) groups is 7. The van der Waals surface area contributed by atoms with Crippen LogP contribution in [0.4, 0.5) is 20.1 Å². The molecule has 6 aromatic rings. The molecule has 21 nitrogen and oxygen atoms in total. The highest BCUT2D eigenvalue weighted by Gasteiger charge is 2.41. The number of amides is 7. The number of methoxy groups -OCH3 is 2. The van der Waals surface area contributed by atoms with Crippen LogP contribution < -0.4 is 20.9 Å². The van der Waals surface area contributed by atoms with E-state index in [9.17, 15) is 38.7 Å². The van der Waals surface area contributed by atoms with E-state index in [1.54, 1.807) is 32.0 Å². The van der Waals surface area contributed by atoms with E-state index in [4.69, 9.17) is 19.4 Å². The highest BCUT2D eigenvalue weighted by Crippen LogP contribution is 2.42. The van der Waals surface area contributed by atoms with Gasteiger partial charge in [0.05, 0.1) is 55.8 Å². The molecule has 4 atom stereocenters. The number of alkyl carbamates (subject to hydrolysis) is 2. The lowest BCUT2D eigenvalue weighted by Crippen LogP contribution is -2.52. The monoisotopic (exact) mass is 1220 g/mol. The van der Waals surface area contributed by atoms with E-state index in [-0.39, 0.29) is 58.6 Å². The summed E-state index contributed by atoms with van der Waals surface area (Å²) in [6.07, 6.45) is 11.0. The van der Waals surface area contributed by atoms with E-state index in [2.05, 4.69) is 57.1 Å². The normalized spacial score (nSPS) is 19.5. The van der Waals surface area contributed by atoms with Crippen LogP contribution in [-0.2, 0) is 23.9 Å². The van der Waals surface area contributed by atoms with Crippen LogP contribution in [0.5, 0.6) is 0 Å². The molecular weight excluding hydrogens is 1140 g/mol. The van der Waals surface area contributed by atoms with Gasteiger partial charge < -0.3 is 60.1 Å². The van der Waals surface area contributed by atoms with E-state index >= 15 is 0 Å². The van der Waals surface area contributed by atoms with Crippen molar-refractivity contribution in [2.24, 2.45) is 17.8 Å². The molecule has 6 heterocycles. The maximum atomic E-state index is 14.5. The number of hydrogen-bond donors (Lipinski definition) is 6. The topological polar surface area (TPSA) is 265 Å². The molecule has 7 amide bonds. The molecule has 10 rings (SSSR count). The second-order valence-electron chi connectivity index (χ2n) is 24.1. The summed E-state index contributed by atoms with van der Waals surface area (Å²) in [6, 6.07) is 25.1. The third-order valence-corrected chi connectivity index (χ3v) is 19.1. The van der Waals surface area contributed by atoms with Crippen molar-refractivity contribution in [1.29, 1.82) is 0 Å². The highest BCUT2D eigenvalue weighted by molar-refractivity contribution is 7.18. The van der Waals surface area contributed by atoms with Gasteiger partial charge in [0.25, 0.3) is 0 Å². The smallest absolute Gasteiger partial charge is 0.407 e. The lowest BCUT2D eigenvalue weighted by molar-refractivity contribution is -0.136. The van der Waals surface area contributed by atoms with Crippen molar-refractivity contribution >= 4 is 58.9 Å². The third-order valence-electron chi connectivity index (χ3n) is 17.9. The minimum absolute atomic E-state index is 0.0362. The molecule has 6 N–H and O–H groups in total. The van der Waals surface area contributed by atoms with Gasteiger partial charge in [-0.2, -0.15) is 0 Å². The van der Waals surface area contributed by atoms with Crippen LogP contribution in [-0.4, -0.2) is 147 Å². The standard InChI is InChI=1S/C66H81N11O10S/c1-40(2)56(73-66(85)87-5)62(80)76-34-12-17-53(76)59-69-39-51(71-59)45-28-24-43(25-29-45)42-22-26-44(27-23-42)50-38-68-58(70-50)52-16-11-33-75(52)61(79)49(72-65(84)86-4)15-9-10-32-67-64(83)74-35-30-48(31-36-74)77(60(78)47-20-18-41(3)19-21-47)54-37-55(88-57(54)63(81)82)46-13-7-6-8-14-46/h6-8,13-14,22-29,37-41,47-49,52-53,56H,9-12,15-21,30-36H2,1-5H3,(H,67,83)(H,68,70)(H,69,71)(H,72,84)(H,73,85)(H,81,82)/t41?,47?,49-,52-,53-,56-/m0/s1. The lowest BCUT2D eigenvalue weighted by atomic mass is 9.82. The molecule has 22 heteroatoms. The number of nitrogens with zero attached hydrogens (tertiary/aromatic N) is 6. The number of aromatic carboxylic acids is 1. The van der Waals surface area contributed by atoms with Crippen molar-refractivity contribution in [3.8, 4) is 44.1 Å². The SMILES string of the molecule is COC(=O)N[C@@H](CCCCNC(=O)N1CCC(N(C(=O)C2CCC(C)CC2)c2cc(-c3ccccc3)sc2C(=O)O)CC1)C(=O)N1CCC[C@H]1c1ncc(-c2ccc(-c3ccc(-c4cnc([C@@H]5CCCN5C(=O)[C@@H](NC(=O)OC)C(C)C)[nH]4)cc3)cc2)[nH]1. The summed E-state index contributed by atoms with van der Waals surface area (Å²) >= 11 is 1.18. The quantitative estimate of drug-likeness (QED) is 0.0390. The predicted octanol–water partition coefficient (Wildman–Crippen LogP) is 11.2. The Balaban J connectivity index is 0.710. The number of imidazole rings is 2. The molecule has 3 aromatic carbocycles. The molecule has 3 saturated heterocycles. The fourth-order valence-corrected chi connectivity index (χ4v) is 13.9. The second kappa shape index (κ2) is 28.5. The number of hydrogen-bond acceptors (Lipinski definition) is 12. The van der Waals surface area contributed by atoms with E-state index in [0.717, 1.165) is 89.0 Å². The molecule has 3 aromatic heterocycles. The van der Waals surface area contributed by atoms with Crippen molar-refractivity contribution in [3.63, 3.8) is 0 Å². The van der Waals surface area contributed by atoms with Gasteiger partial charge in [0, 0.05) is 49.6 Å². The van der Waals surface area contributed by atoms with Crippen LogP contribution in [0.2, 0.25) is 0 Å². The Labute approximate surface area is 517 Å². The molecular formula is C66H81N11O10S. The summed E-state index contributed by atoms with van der Waals surface area (Å²) in [5.74, 6) is 0.0702. The Morgan fingerprint density at radius 3 is 1.76 bits per heavy atom. The van der Waals surface area contributed by atoms with Gasteiger partial charge in [0.15, 0.2) is 0 Å². The summed E-state index contributed by atoms with van der Waals surface area (Å²) in [4.78, 5) is 118. The first kappa shape index (κ1) is 62.5. The molecule has 0 spiro atoms. The Bertz CT molecular complexity index is 3400. The van der Waals surface area contributed by atoms with Crippen molar-refractivity contribution in [1.82, 2.24) is 50.6 Å². The van der Waals surface area contributed by atoms with E-state index in [1.165, 1.54) is 25.6 Å². The Kier molecular flexibility index (Phi) is 20.3. The Morgan fingerprint density at radius 2 is 1.22 bits per heavy atom. The number of carboxylic acids is 1. The molecule has 4 fully saturated rings. The molecule has 0 unspecified atom stereocenters. The van der Waals surface area contributed by atoms with Crippen LogP contribution >= 0.6 is 11.3 Å². The zero-order valence-electron chi connectivity index (χ0n) is 50.8. The van der Waals surface area contributed by atoms with Gasteiger partial charge >= 0.3 is 24.2 Å². The number of ether oxygens (including phenoxy) is 2. The number of benzene rings is 3. The number of thiophene rings is 1. The highest BCUT2D eigenvalue weighted by atomic mass is 32.1. The Morgan fingerprint density at radius 1 is 0.670 bits per heavy atom. The number of rotatable bonds is 20. The fraction of sp³-hybridized carbons (Fsp3) is 0.470. The second-order valence-corrected chi connectivity index (χ2v) is 25.1. The van der Waals surface area contributed by atoms with Crippen LogP contribution in [0.3, 0.4) is 0 Å². The molecule has 1 aliphatic carbocycles. The number of nitrogens with one attached hydrogen (secondary N) is 5. The van der Waals surface area contributed by atoms with Crippen LogP contribution in [0.25, 0.3) is 44.1 Å². The number of H-pyrrole nitrogens is 2. The zero-order chi connectivity index (χ0) is 62.0. The molecule has 1 saturated carbocycles. The van der Waals surface area contributed by atoms with Gasteiger partial charge in [0.1, 0.15) is 28.6 Å². The van der Waals surface area contributed by atoms with Gasteiger partial charge in [0.2, 0.25) is 17.7 Å². The van der Waals surface area contributed by atoms with Crippen molar-refractivity contribution in [3.05, 3.63) is 114 Å². The number of carbonyl (C=O) groups excluding carboxylic acids is 6. The first-order valence-corrected chi connectivity index (χ1v) is 31.8. The van der Waals surface area contributed by atoms with Crippen LogP contribution in [0.1, 0.15) is 138 Å². The van der Waals surface area contributed by atoms with Gasteiger partial charge in [-0.15, -0.1) is 11.3 Å². The molecule has 88 heavy (non-hydrogen) atoms. The number of likely N-dealkylation sites (tertiary alicyclic amines) is 3. The summed E-state index contributed by atoms with van der Waals surface area (Å²) in [5, 5.41) is 18.9. The molecule has 0 bridgehead atoms. The van der Waals surface area contributed by atoms with Gasteiger partial charge in [-0.25, -0.2) is 29.1 Å². The van der Waals surface area contributed by atoms with Gasteiger partial charge in [-0.05, 0) is 129 Å². The van der Waals surface area contributed by atoms with Crippen molar-refractivity contribution < 1.29 is 48.1 Å². The fourth-order valence-electron chi connectivity index (χ4n) is 12.9. The number of urea groups is 1. The number of unbranched alkanes of at least 4 members (excludes halogenated alkanes) is 1. The van der Waals surface area contributed by atoms with Crippen molar-refractivity contribution in [2.45, 2.75) is 134 Å². The summed E-state index contributed by atoms with van der Waals surface area (Å²) in [7, 11) is 2.54. The summed E-state index contributed by atoms with van der Waals surface area (Å²) in [5.41, 5.74) is 6.86. The van der Waals surface area contributed by atoms with Gasteiger partial charge in [-0.1, -0.05) is 99.6 Å². The number of aromatic amines is 2. The van der Waals surface area contributed by atoms with Crippen molar-refractivity contribution in [2.75, 3.05) is 51.8 Å². The number of anilines is 1. The Hall–Kier alpha value is -8.53. The maximum absolute atomic E-state index is 14.5. The minimum atomic E-state index is -1.07.